The summed E-state index contributed by atoms with van der Waals surface area (Å²) in [5, 5.41) is 0. The molecule has 4 rings (SSSR count). The molecule has 2 aliphatic rings. The first-order valence-electron chi connectivity index (χ1n) is 10.8. The zero-order chi connectivity index (χ0) is 24.6. The van der Waals surface area contributed by atoms with Gasteiger partial charge in [0.2, 0.25) is 5.91 Å². The van der Waals surface area contributed by atoms with Crippen molar-refractivity contribution >= 4 is 17.4 Å². The van der Waals surface area contributed by atoms with E-state index < -0.39 is 23.6 Å². The fourth-order valence-electron chi connectivity index (χ4n) is 4.70. The highest BCUT2D eigenvalue weighted by Gasteiger charge is 2.41. The second-order valence-corrected chi connectivity index (χ2v) is 8.12. The minimum absolute atomic E-state index is 0.0970. The summed E-state index contributed by atoms with van der Waals surface area (Å²) >= 11 is 0. The highest BCUT2D eigenvalue weighted by molar-refractivity contribution is 6.07. The van der Waals surface area contributed by atoms with E-state index in [-0.39, 0.29) is 17.9 Å². The molecule has 0 saturated heterocycles. The number of ether oxygens (including phenoxy) is 3. The van der Waals surface area contributed by atoms with Crippen LogP contribution in [0, 0.1) is 0 Å². The summed E-state index contributed by atoms with van der Waals surface area (Å²) in [7, 11) is 4.44. The predicted molar refractivity (Wildman–Crippen MR) is 118 cm³/mol. The Morgan fingerprint density at radius 2 is 1.59 bits per heavy atom. The molecule has 0 N–H and O–H groups in total. The topological polar surface area (TPSA) is 65.1 Å². The van der Waals surface area contributed by atoms with Crippen LogP contribution in [0.2, 0.25) is 0 Å². The maximum absolute atomic E-state index is 13.4. The minimum atomic E-state index is -4.55. The Morgan fingerprint density at radius 3 is 2.24 bits per heavy atom. The standard InChI is InChI=1S/C25H24F3NO5/c1-32-20-13-22(34-3)21(33-2)11-16(20)17-12-23(31)29(18-8-5-9-19(30)24(17)18)15-7-4-6-14(10-15)25(26,27)28/h4,6-7,10-11,13,17H,5,8-9,12H2,1-3H3/t17-/m0/s1. The molecule has 34 heavy (non-hydrogen) atoms. The maximum Gasteiger partial charge on any atom is 0.416 e. The van der Waals surface area contributed by atoms with Crippen molar-refractivity contribution in [3.05, 3.63) is 58.8 Å². The fourth-order valence-corrected chi connectivity index (χ4v) is 4.70. The molecule has 1 aliphatic heterocycles. The first-order valence-corrected chi connectivity index (χ1v) is 10.8. The van der Waals surface area contributed by atoms with Gasteiger partial charge in [-0.2, -0.15) is 13.2 Å². The van der Waals surface area contributed by atoms with Crippen LogP contribution in [0.15, 0.2) is 47.7 Å². The first kappa shape index (κ1) is 23.7. The summed E-state index contributed by atoms with van der Waals surface area (Å²) < 4.78 is 56.2. The summed E-state index contributed by atoms with van der Waals surface area (Å²) in [5.74, 6) is 0.124. The lowest BCUT2D eigenvalue weighted by Crippen LogP contribution is -2.40. The molecule has 180 valence electrons. The van der Waals surface area contributed by atoms with Crippen LogP contribution in [0.1, 0.15) is 42.7 Å². The average molecular weight is 475 g/mol. The number of carbonyl (C=O) groups excluding carboxylic acids is 2. The van der Waals surface area contributed by atoms with Crippen LogP contribution in [0.4, 0.5) is 18.9 Å². The number of Topliss-reactive ketones (excluding diaryl/α,β-unsaturated/α-hetero) is 1. The van der Waals surface area contributed by atoms with Crippen molar-refractivity contribution in [3.8, 4) is 17.2 Å². The predicted octanol–water partition coefficient (Wildman–Crippen LogP) is 5.26. The summed E-state index contributed by atoms with van der Waals surface area (Å²) in [6, 6.07) is 7.93. The Morgan fingerprint density at radius 1 is 0.912 bits per heavy atom. The van der Waals surface area contributed by atoms with Gasteiger partial charge in [-0.1, -0.05) is 6.07 Å². The molecule has 1 heterocycles. The number of ketones is 1. The monoisotopic (exact) mass is 475 g/mol. The van der Waals surface area contributed by atoms with Crippen LogP contribution in [0.25, 0.3) is 0 Å². The molecule has 2 aromatic rings. The molecule has 0 radical (unpaired) electrons. The average Bonchev–Trinajstić information content (AvgIpc) is 2.82. The second kappa shape index (κ2) is 9.04. The number of amides is 1. The minimum Gasteiger partial charge on any atom is -0.496 e. The van der Waals surface area contributed by atoms with E-state index in [1.807, 2.05) is 0 Å². The number of carbonyl (C=O) groups is 2. The number of hydrogen-bond donors (Lipinski definition) is 0. The Kier molecular flexibility index (Phi) is 6.29. The smallest absolute Gasteiger partial charge is 0.416 e. The molecule has 1 aliphatic carbocycles. The second-order valence-electron chi connectivity index (χ2n) is 8.12. The van der Waals surface area contributed by atoms with E-state index in [9.17, 15) is 22.8 Å². The van der Waals surface area contributed by atoms with Crippen molar-refractivity contribution in [2.75, 3.05) is 26.2 Å². The maximum atomic E-state index is 13.4. The lowest BCUT2D eigenvalue weighted by Gasteiger charge is -2.38. The number of halogens is 3. The number of alkyl halides is 3. The molecule has 2 aromatic carbocycles. The molecule has 0 spiro atoms. The van der Waals surface area contributed by atoms with Gasteiger partial charge < -0.3 is 14.2 Å². The van der Waals surface area contributed by atoms with Crippen LogP contribution in [-0.4, -0.2) is 33.0 Å². The SMILES string of the molecule is COc1cc(OC)c([C@@H]2CC(=O)N(c3cccc(C(F)(F)F)c3)C3=C2C(=O)CCC3)cc1OC. The molecule has 0 fully saturated rings. The third kappa shape index (κ3) is 4.10. The number of rotatable bonds is 5. The Bertz CT molecular complexity index is 1170. The molecular formula is C25H24F3NO5. The van der Waals surface area contributed by atoms with E-state index in [1.54, 1.807) is 12.1 Å². The Balaban J connectivity index is 1.89. The molecule has 1 amide bonds. The Hall–Kier alpha value is -3.49. The van der Waals surface area contributed by atoms with E-state index in [0.29, 0.717) is 53.3 Å². The number of benzene rings is 2. The van der Waals surface area contributed by atoms with E-state index in [0.717, 1.165) is 12.1 Å². The van der Waals surface area contributed by atoms with Gasteiger partial charge in [-0.25, -0.2) is 0 Å². The number of hydrogen-bond acceptors (Lipinski definition) is 5. The van der Waals surface area contributed by atoms with Crippen LogP contribution >= 0.6 is 0 Å². The lowest BCUT2D eigenvalue weighted by molar-refractivity contribution is -0.137. The number of allylic oxidation sites excluding steroid dienone is 2. The number of methoxy groups -OCH3 is 3. The van der Waals surface area contributed by atoms with E-state index in [1.165, 1.54) is 38.4 Å². The zero-order valence-electron chi connectivity index (χ0n) is 19.0. The van der Waals surface area contributed by atoms with Crippen LogP contribution in [-0.2, 0) is 15.8 Å². The van der Waals surface area contributed by atoms with Crippen LogP contribution < -0.4 is 19.1 Å². The third-order valence-electron chi connectivity index (χ3n) is 6.22. The third-order valence-corrected chi connectivity index (χ3v) is 6.22. The number of anilines is 1. The normalized spacial score (nSPS) is 18.6. The first-order chi connectivity index (χ1) is 16.2. The lowest BCUT2D eigenvalue weighted by atomic mass is 9.76. The van der Waals surface area contributed by atoms with Gasteiger partial charge in [-0.3, -0.25) is 14.5 Å². The van der Waals surface area contributed by atoms with E-state index in [2.05, 4.69) is 0 Å². The van der Waals surface area contributed by atoms with E-state index in [4.69, 9.17) is 14.2 Å². The molecule has 0 unspecified atom stereocenters. The number of nitrogens with zero attached hydrogens (tertiary/aromatic N) is 1. The molecule has 0 saturated carbocycles. The van der Waals surface area contributed by atoms with Gasteiger partial charge in [0.25, 0.3) is 0 Å². The molecule has 0 aromatic heterocycles. The highest BCUT2D eigenvalue weighted by Crippen LogP contribution is 2.48. The molecule has 9 heteroatoms. The highest BCUT2D eigenvalue weighted by atomic mass is 19.4. The molecule has 6 nitrogen and oxygen atoms in total. The van der Waals surface area contributed by atoms with Gasteiger partial charge >= 0.3 is 6.18 Å². The van der Waals surface area contributed by atoms with Gasteiger partial charge in [0.1, 0.15) is 5.75 Å². The van der Waals surface area contributed by atoms with Crippen molar-refractivity contribution in [1.29, 1.82) is 0 Å². The van der Waals surface area contributed by atoms with Gasteiger partial charge in [0.05, 0.1) is 26.9 Å². The van der Waals surface area contributed by atoms with Crippen molar-refractivity contribution in [2.24, 2.45) is 0 Å². The summed E-state index contributed by atoms with van der Waals surface area (Å²) in [5.41, 5.74) is 0.688. The molecule has 0 bridgehead atoms. The summed E-state index contributed by atoms with van der Waals surface area (Å²) in [6.07, 6.45) is -3.45. The van der Waals surface area contributed by atoms with Crippen molar-refractivity contribution in [2.45, 2.75) is 37.8 Å². The zero-order valence-corrected chi connectivity index (χ0v) is 19.0. The quantitative estimate of drug-likeness (QED) is 0.591. The van der Waals surface area contributed by atoms with Gasteiger partial charge in [0.15, 0.2) is 17.3 Å². The summed E-state index contributed by atoms with van der Waals surface area (Å²) in [4.78, 5) is 27.8. The van der Waals surface area contributed by atoms with Crippen molar-refractivity contribution in [3.63, 3.8) is 0 Å². The van der Waals surface area contributed by atoms with Crippen LogP contribution in [0.3, 0.4) is 0 Å². The molecule has 1 atom stereocenters. The largest absolute Gasteiger partial charge is 0.496 e. The molecular weight excluding hydrogens is 451 g/mol. The van der Waals surface area contributed by atoms with Crippen molar-refractivity contribution in [1.82, 2.24) is 0 Å². The van der Waals surface area contributed by atoms with Gasteiger partial charge in [-0.15, -0.1) is 0 Å². The van der Waals surface area contributed by atoms with Gasteiger partial charge in [0, 0.05) is 47.3 Å². The van der Waals surface area contributed by atoms with Crippen molar-refractivity contribution < 1.29 is 37.0 Å². The fraction of sp³-hybridized carbons (Fsp3) is 0.360. The Labute approximate surface area is 194 Å². The van der Waals surface area contributed by atoms with E-state index >= 15 is 0 Å². The van der Waals surface area contributed by atoms with Gasteiger partial charge in [-0.05, 0) is 37.1 Å². The van der Waals surface area contributed by atoms with Crippen LogP contribution in [0.5, 0.6) is 17.2 Å². The summed E-state index contributed by atoms with van der Waals surface area (Å²) in [6.45, 7) is 0.